The van der Waals surface area contributed by atoms with Crippen molar-refractivity contribution >= 4 is 5.91 Å². The summed E-state index contributed by atoms with van der Waals surface area (Å²) < 4.78 is 0. The molecule has 0 aliphatic carbocycles. The Morgan fingerprint density at radius 1 is 1.26 bits per heavy atom. The van der Waals surface area contributed by atoms with Crippen LogP contribution in [0, 0.1) is 0 Å². The first-order valence-electron chi connectivity index (χ1n) is 6.97. The van der Waals surface area contributed by atoms with Crippen molar-refractivity contribution in [3.05, 3.63) is 35.9 Å². The van der Waals surface area contributed by atoms with E-state index in [0.29, 0.717) is 6.42 Å². The Hall–Kier alpha value is -1.39. The number of hydrogen-bond donors (Lipinski definition) is 2. The Morgan fingerprint density at radius 3 is 2.58 bits per heavy atom. The van der Waals surface area contributed by atoms with Gasteiger partial charge in [0.1, 0.15) is 0 Å². The monoisotopic (exact) mass is 262 g/mol. The quantitative estimate of drug-likeness (QED) is 0.813. The molecule has 0 radical (unpaired) electrons. The van der Waals surface area contributed by atoms with E-state index in [2.05, 4.69) is 10.2 Å². The van der Waals surface area contributed by atoms with E-state index in [1.165, 1.54) is 12.8 Å². The summed E-state index contributed by atoms with van der Waals surface area (Å²) in [6.07, 6.45) is 2.99. The fourth-order valence-electron chi connectivity index (χ4n) is 2.45. The number of carbonyl (C=O) groups excluding carboxylic acids is 1. The smallest absolute Gasteiger partial charge is 0.221 e. The second-order valence-electron chi connectivity index (χ2n) is 5.01. The Labute approximate surface area is 114 Å². The van der Waals surface area contributed by atoms with Crippen LogP contribution >= 0.6 is 0 Å². The van der Waals surface area contributed by atoms with Gasteiger partial charge in [-0.15, -0.1) is 0 Å². The maximum Gasteiger partial charge on any atom is 0.221 e. The van der Waals surface area contributed by atoms with Gasteiger partial charge in [0.15, 0.2) is 0 Å². The molecule has 2 N–H and O–H groups in total. The van der Waals surface area contributed by atoms with Gasteiger partial charge < -0.3 is 15.3 Å². The molecule has 4 nitrogen and oxygen atoms in total. The molecule has 1 aliphatic heterocycles. The Balaban J connectivity index is 1.79. The summed E-state index contributed by atoms with van der Waals surface area (Å²) in [5.74, 6) is 0.00908. The zero-order chi connectivity index (χ0) is 13.5. The van der Waals surface area contributed by atoms with E-state index >= 15 is 0 Å². The van der Waals surface area contributed by atoms with Crippen molar-refractivity contribution in [2.75, 3.05) is 26.2 Å². The highest BCUT2D eigenvalue weighted by Crippen LogP contribution is 2.12. The van der Waals surface area contributed by atoms with Gasteiger partial charge in [0.05, 0.1) is 12.6 Å². The van der Waals surface area contributed by atoms with Crippen molar-refractivity contribution in [2.24, 2.45) is 0 Å². The van der Waals surface area contributed by atoms with Crippen LogP contribution in [0.2, 0.25) is 0 Å². The molecule has 0 unspecified atom stereocenters. The molecule has 1 fully saturated rings. The van der Waals surface area contributed by atoms with Crippen LogP contribution in [0.25, 0.3) is 0 Å². The standard InChI is InChI=1S/C15H22N2O2/c18-12-14(13-6-2-1-3-7-13)16-15(19)8-11-17-9-4-5-10-17/h1-3,6-7,14,18H,4-5,8-12H2,(H,16,19)/t14-/m1/s1. The van der Waals surface area contributed by atoms with Crippen molar-refractivity contribution in [3.63, 3.8) is 0 Å². The number of hydrogen-bond acceptors (Lipinski definition) is 3. The zero-order valence-corrected chi connectivity index (χ0v) is 11.2. The summed E-state index contributed by atoms with van der Waals surface area (Å²) in [4.78, 5) is 14.2. The number of rotatable bonds is 6. The van der Waals surface area contributed by atoms with E-state index in [9.17, 15) is 9.90 Å². The lowest BCUT2D eigenvalue weighted by Crippen LogP contribution is -2.33. The Kier molecular flexibility index (Phi) is 5.36. The highest BCUT2D eigenvalue weighted by molar-refractivity contribution is 5.76. The number of benzene rings is 1. The molecule has 19 heavy (non-hydrogen) atoms. The van der Waals surface area contributed by atoms with Crippen molar-refractivity contribution < 1.29 is 9.90 Å². The summed E-state index contributed by atoms with van der Waals surface area (Å²) in [5, 5.41) is 12.3. The van der Waals surface area contributed by atoms with Crippen LogP contribution in [0.3, 0.4) is 0 Å². The first kappa shape index (κ1) is 14.0. The molecule has 1 saturated heterocycles. The maximum absolute atomic E-state index is 11.9. The molecule has 1 aromatic rings. The normalized spacial score (nSPS) is 17.3. The summed E-state index contributed by atoms with van der Waals surface area (Å²) in [7, 11) is 0. The molecule has 0 saturated carbocycles. The third-order valence-corrected chi connectivity index (χ3v) is 3.57. The van der Waals surface area contributed by atoms with Crippen LogP contribution in [0.5, 0.6) is 0 Å². The lowest BCUT2D eigenvalue weighted by atomic mass is 10.1. The number of likely N-dealkylation sites (tertiary alicyclic amines) is 1. The fourth-order valence-corrected chi connectivity index (χ4v) is 2.45. The van der Waals surface area contributed by atoms with E-state index in [-0.39, 0.29) is 18.6 Å². The summed E-state index contributed by atoms with van der Waals surface area (Å²) >= 11 is 0. The zero-order valence-electron chi connectivity index (χ0n) is 11.2. The van der Waals surface area contributed by atoms with Gasteiger partial charge in [-0.05, 0) is 31.5 Å². The van der Waals surface area contributed by atoms with Gasteiger partial charge in [-0.2, -0.15) is 0 Å². The van der Waals surface area contributed by atoms with Crippen LogP contribution in [0.1, 0.15) is 30.9 Å². The molecule has 1 amide bonds. The molecule has 0 aromatic heterocycles. The van der Waals surface area contributed by atoms with E-state index in [1.807, 2.05) is 30.3 Å². The number of nitrogens with zero attached hydrogens (tertiary/aromatic N) is 1. The minimum atomic E-state index is -0.299. The van der Waals surface area contributed by atoms with E-state index in [1.54, 1.807) is 0 Å². The molecule has 0 bridgehead atoms. The average Bonchev–Trinajstić information content (AvgIpc) is 2.97. The lowest BCUT2D eigenvalue weighted by molar-refractivity contribution is -0.122. The van der Waals surface area contributed by atoms with E-state index in [0.717, 1.165) is 25.2 Å². The van der Waals surface area contributed by atoms with Crippen LogP contribution in [0.4, 0.5) is 0 Å². The van der Waals surface area contributed by atoms with Crippen LogP contribution < -0.4 is 5.32 Å². The largest absolute Gasteiger partial charge is 0.394 e. The van der Waals surface area contributed by atoms with Gasteiger partial charge in [-0.25, -0.2) is 0 Å². The number of carbonyl (C=O) groups is 1. The second kappa shape index (κ2) is 7.26. The van der Waals surface area contributed by atoms with Crippen LogP contribution in [0.15, 0.2) is 30.3 Å². The second-order valence-corrected chi connectivity index (χ2v) is 5.01. The maximum atomic E-state index is 11.9. The Morgan fingerprint density at radius 2 is 1.95 bits per heavy atom. The molecule has 1 aliphatic rings. The highest BCUT2D eigenvalue weighted by Gasteiger charge is 2.16. The van der Waals surface area contributed by atoms with Crippen LogP contribution in [-0.4, -0.2) is 42.2 Å². The van der Waals surface area contributed by atoms with Crippen molar-refractivity contribution in [2.45, 2.75) is 25.3 Å². The Bertz CT molecular complexity index is 388. The molecule has 2 rings (SSSR count). The molecule has 1 atom stereocenters. The molecular weight excluding hydrogens is 240 g/mol. The first-order chi connectivity index (χ1) is 9.29. The summed E-state index contributed by atoms with van der Waals surface area (Å²) in [6.45, 7) is 2.96. The predicted octanol–water partition coefficient (Wildman–Crippen LogP) is 1.32. The topological polar surface area (TPSA) is 52.6 Å². The summed E-state index contributed by atoms with van der Waals surface area (Å²) in [5.41, 5.74) is 0.944. The minimum absolute atomic E-state index is 0.00908. The lowest BCUT2D eigenvalue weighted by Gasteiger charge is -2.18. The fraction of sp³-hybridized carbons (Fsp3) is 0.533. The first-order valence-corrected chi connectivity index (χ1v) is 6.97. The van der Waals surface area contributed by atoms with Crippen molar-refractivity contribution in [1.82, 2.24) is 10.2 Å². The molecule has 1 aromatic carbocycles. The molecule has 0 spiro atoms. The van der Waals surface area contributed by atoms with Crippen molar-refractivity contribution in [3.8, 4) is 0 Å². The molecule has 1 heterocycles. The molecule has 104 valence electrons. The molecular formula is C15H22N2O2. The van der Waals surface area contributed by atoms with Gasteiger partial charge in [0.2, 0.25) is 5.91 Å². The van der Waals surface area contributed by atoms with Crippen LogP contribution in [-0.2, 0) is 4.79 Å². The third kappa shape index (κ3) is 4.33. The minimum Gasteiger partial charge on any atom is -0.394 e. The number of aliphatic hydroxyl groups is 1. The number of nitrogens with one attached hydrogen (secondary N) is 1. The average molecular weight is 262 g/mol. The molecule has 4 heteroatoms. The van der Waals surface area contributed by atoms with Gasteiger partial charge in [-0.3, -0.25) is 4.79 Å². The van der Waals surface area contributed by atoms with Gasteiger partial charge in [-0.1, -0.05) is 30.3 Å². The SMILES string of the molecule is O=C(CCN1CCCC1)N[C@H](CO)c1ccccc1. The highest BCUT2D eigenvalue weighted by atomic mass is 16.3. The van der Waals surface area contributed by atoms with Gasteiger partial charge in [0.25, 0.3) is 0 Å². The number of aliphatic hydroxyl groups excluding tert-OH is 1. The van der Waals surface area contributed by atoms with E-state index in [4.69, 9.17) is 0 Å². The van der Waals surface area contributed by atoms with Gasteiger partial charge in [0, 0.05) is 13.0 Å². The van der Waals surface area contributed by atoms with Crippen molar-refractivity contribution in [1.29, 1.82) is 0 Å². The summed E-state index contributed by atoms with van der Waals surface area (Å²) in [6, 6.07) is 9.28. The third-order valence-electron chi connectivity index (χ3n) is 3.57. The van der Waals surface area contributed by atoms with E-state index < -0.39 is 0 Å². The number of amides is 1. The predicted molar refractivity (Wildman–Crippen MR) is 74.7 cm³/mol. The van der Waals surface area contributed by atoms with Gasteiger partial charge >= 0.3 is 0 Å².